The Kier molecular flexibility index (Phi) is 5.25. The zero-order chi connectivity index (χ0) is 15.3. The van der Waals surface area contributed by atoms with Crippen LogP contribution in [0.15, 0.2) is 24.3 Å². The zero-order valence-electron chi connectivity index (χ0n) is 11.8. The van der Waals surface area contributed by atoms with E-state index in [2.05, 4.69) is 0 Å². The van der Waals surface area contributed by atoms with E-state index in [1.54, 1.807) is 25.2 Å². The van der Waals surface area contributed by atoms with Gasteiger partial charge in [0.15, 0.2) is 0 Å². The first-order valence-corrected chi connectivity index (χ1v) is 6.19. The van der Waals surface area contributed by atoms with Crippen LogP contribution < -0.4 is 0 Å². The van der Waals surface area contributed by atoms with Gasteiger partial charge in [-0.15, -0.1) is 0 Å². The highest BCUT2D eigenvalue weighted by Gasteiger charge is 2.17. The van der Waals surface area contributed by atoms with Gasteiger partial charge in [-0.05, 0) is 25.1 Å². The molecule has 1 aromatic rings. The van der Waals surface area contributed by atoms with Crippen LogP contribution in [0.1, 0.15) is 27.6 Å². The highest BCUT2D eigenvalue weighted by atomic mass is 16.4. The minimum atomic E-state index is -1.08. The average molecular weight is 278 g/mol. The molecule has 0 fully saturated rings. The summed E-state index contributed by atoms with van der Waals surface area (Å²) in [5.74, 6) is -1.69. The molecule has 20 heavy (non-hydrogen) atoms. The molecule has 1 aromatic carbocycles. The molecule has 0 radical (unpaired) electrons. The predicted molar refractivity (Wildman–Crippen MR) is 73.7 cm³/mol. The van der Waals surface area contributed by atoms with Gasteiger partial charge in [-0.2, -0.15) is 0 Å². The third kappa shape index (κ3) is 3.81. The third-order valence-corrected chi connectivity index (χ3v) is 2.90. The second-order valence-corrected chi connectivity index (χ2v) is 4.46. The molecule has 0 aliphatic carbocycles. The summed E-state index contributed by atoms with van der Waals surface area (Å²) in [7, 11) is 3.08. The fourth-order valence-corrected chi connectivity index (χ4v) is 1.64. The monoisotopic (exact) mass is 278 g/mol. The maximum Gasteiger partial charge on any atom is 0.323 e. The van der Waals surface area contributed by atoms with Crippen LogP contribution in [-0.2, 0) is 4.79 Å². The van der Waals surface area contributed by atoms with Crippen molar-refractivity contribution in [1.29, 1.82) is 0 Å². The van der Waals surface area contributed by atoms with Gasteiger partial charge >= 0.3 is 5.97 Å². The molecule has 0 atom stereocenters. The van der Waals surface area contributed by atoms with Crippen molar-refractivity contribution in [2.75, 3.05) is 27.2 Å². The van der Waals surface area contributed by atoms with Gasteiger partial charge in [-0.3, -0.25) is 14.4 Å². The normalized spacial score (nSPS) is 9.95. The Bertz CT molecular complexity index is 528. The summed E-state index contributed by atoms with van der Waals surface area (Å²) >= 11 is 0. The number of likely N-dealkylation sites (N-methyl/N-ethyl adjacent to an activating group) is 1. The van der Waals surface area contributed by atoms with Crippen LogP contribution in [-0.4, -0.2) is 59.9 Å². The topological polar surface area (TPSA) is 77.9 Å². The lowest BCUT2D eigenvalue weighted by Crippen LogP contribution is -2.32. The molecule has 1 rings (SSSR count). The van der Waals surface area contributed by atoms with Crippen molar-refractivity contribution in [2.45, 2.75) is 6.92 Å². The van der Waals surface area contributed by atoms with Crippen LogP contribution in [0.2, 0.25) is 0 Å². The van der Waals surface area contributed by atoms with Gasteiger partial charge in [-0.1, -0.05) is 6.07 Å². The Morgan fingerprint density at radius 1 is 1.05 bits per heavy atom. The molecule has 0 saturated heterocycles. The van der Waals surface area contributed by atoms with Gasteiger partial charge < -0.3 is 14.9 Å². The van der Waals surface area contributed by atoms with Crippen LogP contribution in [0.3, 0.4) is 0 Å². The van der Waals surface area contributed by atoms with Crippen molar-refractivity contribution in [2.24, 2.45) is 0 Å². The summed E-state index contributed by atoms with van der Waals surface area (Å²) < 4.78 is 0. The molecule has 0 unspecified atom stereocenters. The lowest BCUT2D eigenvalue weighted by atomic mass is 10.1. The largest absolute Gasteiger partial charge is 0.480 e. The summed E-state index contributed by atoms with van der Waals surface area (Å²) in [5, 5.41) is 8.67. The van der Waals surface area contributed by atoms with Gasteiger partial charge in [-0.25, -0.2) is 0 Å². The first-order valence-electron chi connectivity index (χ1n) is 6.19. The van der Waals surface area contributed by atoms with E-state index in [0.29, 0.717) is 17.7 Å². The first-order chi connectivity index (χ1) is 9.36. The quantitative estimate of drug-likeness (QED) is 0.869. The molecule has 0 spiro atoms. The van der Waals surface area contributed by atoms with E-state index in [9.17, 15) is 14.4 Å². The van der Waals surface area contributed by atoms with E-state index in [4.69, 9.17) is 5.11 Å². The molecule has 0 aliphatic rings. The molecule has 108 valence electrons. The highest BCUT2D eigenvalue weighted by Crippen LogP contribution is 2.10. The van der Waals surface area contributed by atoms with Crippen molar-refractivity contribution in [3.05, 3.63) is 35.4 Å². The molecule has 6 nitrogen and oxygen atoms in total. The number of carbonyl (C=O) groups is 3. The van der Waals surface area contributed by atoms with E-state index in [1.165, 1.54) is 18.0 Å². The summed E-state index contributed by atoms with van der Waals surface area (Å²) in [6.07, 6.45) is 0. The number of aliphatic carboxylic acids is 1. The first kappa shape index (κ1) is 15.7. The maximum absolute atomic E-state index is 12.0. The molecule has 0 aromatic heterocycles. The van der Waals surface area contributed by atoms with E-state index < -0.39 is 11.9 Å². The van der Waals surface area contributed by atoms with Crippen LogP contribution in [0.25, 0.3) is 0 Å². The number of nitrogens with zero attached hydrogens (tertiary/aromatic N) is 2. The Labute approximate surface area is 117 Å². The van der Waals surface area contributed by atoms with Gasteiger partial charge in [0, 0.05) is 31.8 Å². The van der Waals surface area contributed by atoms with Crippen LogP contribution in [0.5, 0.6) is 0 Å². The van der Waals surface area contributed by atoms with Gasteiger partial charge in [0.1, 0.15) is 6.54 Å². The molecule has 0 aliphatic heterocycles. The number of amides is 2. The van der Waals surface area contributed by atoms with Crippen molar-refractivity contribution in [1.82, 2.24) is 9.80 Å². The summed E-state index contributed by atoms with van der Waals surface area (Å²) in [6.45, 7) is 2.04. The SMILES string of the molecule is CCN(C)C(=O)c1cccc(C(=O)N(C)CC(=O)O)c1. The fourth-order valence-electron chi connectivity index (χ4n) is 1.64. The molecule has 0 saturated carbocycles. The number of carbonyl (C=O) groups excluding carboxylic acids is 2. The van der Waals surface area contributed by atoms with Crippen LogP contribution in [0, 0.1) is 0 Å². The second kappa shape index (κ2) is 6.70. The van der Waals surface area contributed by atoms with Crippen molar-refractivity contribution in [3.8, 4) is 0 Å². The molecule has 0 heterocycles. The highest BCUT2D eigenvalue weighted by molar-refractivity contribution is 6.00. The molecule has 0 bridgehead atoms. The van der Waals surface area contributed by atoms with Crippen molar-refractivity contribution >= 4 is 17.8 Å². The Morgan fingerprint density at radius 2 is 1.55 bits per heavy atom. The Balaban J connectivity index is 2.95. The standard InChI is InChI=1S/C14H18N2O4/c1-4-15(2)13(19)10-6-5-7-11(8-10)14(20)16(3)9-12(17)18/h5-8H,4,9H2,1-3H3,(H,17,18). The molecule has 6 heteroatoms. The van der Waals surface area contributed by atoms with E-state index in [1.807, 2.05) is 6.92 Å². The fraction of sp³-hybridized carbons (Fsp3) is 0.357. The summed E-state index contributed by atoms with van der Waals surface area (Å²) in [6, 6.07) is 6.28. The smallest absolute Gasteiger partial charge is 0.323 e. The summed E-state index contributed by atoms with van der Waals surface area (Å²) in [4.78, 5) is 37.3. The van der Waals surface area contributed by atoms with Gasteiger partial charge in [0.25, 0.3) is 11.8 Å². The second-order valence-electron chi connectivity index (χ2n) is 4.46. The summed E-state index contributed by atoms with van der Waals surface area (Å²) in [5.41, 5.74) is 0.702. The third-order valence-electron chi connectivity index (χ3n) is 2.90. The lowest BCUT2D eigenvalue weighted by Gasteiger charge is -2.17. The predicted octanol–water partition coefficient (Wildman–Crippen LogP) is 0.935. The number of carboxylic acid groups (broad SMARTS) is 1. The minimum absolute atomic E-state index is 0.178. The molecule has 1 N–H and O–H groups in total. The number of rotatable bonds is 5. The van der Waals surface area contributed by atoms with Crippen LogP contribution >= 0.6 is 0 Å². The van der Waals surface area contributed by atoms with E-state index >= 15 is 0 Å². The molecular formula is C14H18N2O4. The van der Waals surface area contributed by atoms with Crippen molar-refractivity contribution in [3.63, 3.8) is 0 Å². The van der Waals surface area contributed by atoms with E-state index in [0.717, 1.165) is 4.90 Å². The Morgan fingerprint density at radius 3 is 2.00 bits per heavy atom. The number of benzene rings is 1. The Hall–Kier alpha value is -2.37. The van der Waals surface area contributed by atoms with Gasteiger partial charge in [0.05, 0.1) is 0 Å². The molecular weight excluding hydrogens is 260 g/mol. The number of hydrogen-bond acceptors (Lipinski definition) is 3. The molecule has 2 amide bonds. The van der Waals surface area contributed by atoms with Crippen molar-refractivity contribution < 1.29 is 19.5 Å². The lowest BCUT2D eigenvalue weighted by molar-refractivity contribution is -0.137. The maximum atomic E-state index is 12.0. The number of carboxylic acids is 1. The minimum Gasteiger partial charge on any atom is -0.480 e. The van der Waals surface area contributed by atoms with E-state index in [-0.39, 0.29) is 12.5 Å². The number of hydrogen-bond donors (Lipinski definition) is 1. The van der Waals surface area contributed by atoms with Gasteiger partial charge in [0.2, 0.25) is 0 Å². The average Bonchev–Trinajstić information content (AvgIpc) is 2.44. The van der Waals surface area contributed by atoms with Crippen LogP contribution in [0.4, 0.5) is 0 Å². The zero-order valence-corrected chi connectivity index (χ0v) is 11.8.